The van der Waals surface area contributed by atoms with Crippen LogP contribution in [0.25, 0.3) is 0 Å². The van der Waals surface area contributed by atoms with Crippen molar-refractivity contribution in [3.8, 4) is 0 Å². The Hall–Kier alpha value is -1.43. The van der Waals surface area contributed by atoms with Gasteiger partial charge < -0.3 is 9.47 Å². The number of aromatic nitrogens is 3. The van der Waals surface area contributed by atoms with Crippen molar-refractivity contribution in [1.82, 2.24) is 15.0 Å². The van der Waals surface area contributed by atoms with E-state index in [1.165, 1.54) is 0 Å². The van der Waals surface area contributed by atoms with Crippen molar-refractivity contribution in [1.29, 1.82) is 0 Å². The summed E-state index contributed by atoms with van der Waals surface area (Å²) in [6.07, 6.45) is 4.71. The van der Waals surface area contributed by atoms with Gasteiger partial charge in [0.25, 0.3) is 0 Å². The van der Waals surface area contributed by atoms with Crippen molar-refractivity contribution in [2.45, 2.75) is 71.6 Å². The zero-order chi connectivity index (χ0) is 15.5. The Morgan fingerprint density at radius 3 is 2.86 bits per heavy atom. The predicted octanol–water partition coefficient (Wildman–Crippen LogP) is 2.50. The molecule has 2 rings (SSSR count). The summed E-state index contributed by atoms with van der Waals surface area (Å²) in [6.45, 7) is 9.01. The Balaban J connectivity index is 1.88. The van der Waals surface area contributed by atoms with E-state index >= 15 is 0 Å². The molecule has 0 spiro atoms. The average molecular weight is 295 g/mol. The molecular weight excluding hydrogens is 270 g/mol. The predicted molar refractivity (Wildman–Crippen MR) is 78.1 cm³/mol. The third-order valence-electron chi connectivity index (χ3n) is 3.49. The molecule has 0 radical (unpaired) electrons. The van der Waals surface area contributed by atoms with E-state index in [0.29, 0.717) is 11.8 Å². The molecule has 0 saturated carbocycles. The molecule has 21 heavy (non-hydrogen) atoms. The van der Waals surface area contributed by atoms with E-state index in [-0.39, 0.29) is 0 Å². The smallest absolute Gasteiger partial charge is 0.361 e. The molecule has 6 heteroatoms. The van der Waals surface area contributed by atoms with E-state index in [4.69, 9.17) is 9.47 Å². The van der Waals surface area contributed by atoms with Crippen LogP contribution in [0, 0.1) is 6.92 Å². The fourth-order valence-corrected chi connectivity index (χ4v) is 2.43. The molecule has 1 aromatic heterocycles. The van der Waals surface area contributed by atoms with Crippen molar-refractivity contribution in [2.24, 2.45) is 0 Å². The van der Waals surface area contributed by atoms with Gasteiger partial charge in [0.1, 0.15) is 5.60 Å². The van der Waals surface area contributed by atoms with Crippen molar-refractivity contribution < 1.29 is 14.3 Å². The summed E-state index contributed by atoms with van der Waals surface area (Å²) < 4.78 is 12.7. The Labute approximate surface area is 125 Å². The van der Waals surface area contributed by atoms with Crippen molar-refractivity contribution in [2.75, 3.05) is 6.61 Å². The lowest BCUT2D eigenvalue weighted by molar-refractivity contribution is 0.00618. The zero-order valence-corrected chi connectivity index (χ0v) is 13.4. The largest absolute Gasteiger partial charge is 0.455 e. The van der Waals surface area contributed by atoms with Crippen LogP contribution in [0.3, 0.4) is 0 Å². The molecule has 1 fully saturated rings. The molecule has 0 bridgehead atoms. The van der Waals surface area contributed by atoms with Gasteiger partial charge in [-0.3, -0.25) is 0 Å². The molecular formula is C15H25N3O3. The molecule has 2 heterocycles. The van der Waals surface area contributed by atoms with E-state index in [0.717, 1.165) is 44.5 Å². The summed E-state index contributed by atoms with van der Waals surface area (Å²) in [4.78, 5) is 12.0. The third kappa shape index (κ3) is 4.52. The van der Waals surface area contributed by atoms with Crippen LogP contribution in [0.15, 0.2) is 0 Å². The van der Waals surface area contributed by atoms with Crippen molar-refractivity contribution in [3.05, 3.63) is 11.4 Å². The van der Waals surface area contributed by atoms with Crippen LogP contribution in [0.1, 0.15) is 62.6 Å². The van der Waals surface area contributed by atoms with Crippen molar-refractivity contribution in [3.63, 3.8) is 0 Å². The topological polar surface area (TPSA) is 66.2 Å². The lowest BCUT2D eigenvalue weighted by Gasteiger charge is -2.18. The van der Waals surface area contributed by atoms with Gasteiger partial charge in [0.15, 0.2) is 5.69 Å². The second kappa shape index (κ2) is 6.56. The minimum atomic E-state index is -0.521. The van der Waals surface area contributed by atoms with Crippen molar-refractivity contribution >= 4 is 5.97 Å². The van der Waals surface area contributed by atoms with Gasteiger partial charge >= 0.3 is 5.97 Å². The lowest BCUT2D eigenvalue weighted by Crippen LogP contribution is -2.24. The first-order valence-electron chi connectivity index (χ1n) is 7.62. The summed E-state index contributed by atoms with van der Waals surface area (Å²) in [5, 5.41) is 8.01. The minimum Gasteiger partial charge on any atom is -0.455 e. The summed E-state index contributed by atoms with van der Waals surface area (Å²) >= 11 is 0. The first-order valence-corrected chi connectivity index (χ1v) is 7.62. The van der Waals surface area contributed by atoms with Gasteiger partial charge in [-0.1, -0.05) is 5.21 Å². The van der Waals surface area contributed by atoms with E-state index in [1.54, 1.807) is 4.68 Å². The number of rotatable bonds is 5. The molecule has 1 aliphatic heterocycles. The van der Waals surface area contributed by atoms with E-state index in [9.17, 15) is 4.79 Å². The number of aryl methyl sites for hydroxylation is 1. The molecule has 1 atom stereocenters. The van der Waals surface area contributed by atoms with Crippen LogP contribution in [0.2, 0.25) is 0 Å². The summed E-state index contributed by atoms with van der Waals surface area (Å²) in [7, 11) is 0. The molecule has 0 aromatic carbocycles. The minimum absolute atomic E-state index is 0.307. The third-order valence-corrected chi connectivity index (χ3v) is 3.49. The van der Waals surface area contributed by atoms with Gasteiger partial charge in [-0.15, -0.1) is 5.10 Å². The number of nitrogens with zero attached hydrogens (tertiary/aromatic N) is 3. The quantitative estimate of drug-likeness (QED) is 0.781. The molecule has 0 N–H and O–H groups in total. The van der Waals surface area contributed by atoms with Crippen LogP contribution >= 0.6 is 0 Å². The van der Waals surface area contributed by atoms with Crippen LogP contribution in [0.5, 0.6) is 0 Å². The first kappa shape index (κ1) is 15.9. The summed E-state index contributed by atoms with van der Waals surface area (Å²) in [5.41, 5.74) is 0.547. The van der Waals surface area contributed by atoms with Gasteiger partial charge in [0.05, 0.1) is 11.8 Å². The molecule has 6 nitrogen and oxygen atoms in total. The molecule has 0 aliphatic carbocycles. The number of carbonyl (C=O) groups is 1. The van der Waals surface area contributed by atoms with Crippen LogP contribution in [0.4, 0.5) is 0 Å². The number of hydrogen-bond donors (Lipinski definition) is 0. The molecule has 118 valence electrons. The highest BCUT2D eigenvalue weighted by molar-refractivity contribution is 5.88. The summed E-state index contributed by atoms with van der Waals surface area (Å²) in [5.74, 6) is -0.412. The molecule has 0 amide bonds. The van der Waals surface area contributed by atoms with Gasteiger partial charge in [-0.2, -0.15) is 0 Å². The van der Waals surface area contributed by atoms with Gasteiger partial charge in [-0.05, 0) is 53.4 Å². The SMILES string of the molecule is Cc1c(C(=O)OC(C)(C)C)nnn1CCCC1CCCO1. The maximum atomic E-state index is 12.0. The second-order valence-corrected chi connectivity index (χ2v) is 6.53. The Bertz CT molecular complexity index is 485. The molecule has 1 aliphatic rings. The number of hydrogen-bond acceptors (Lipinski definition) is 5. The maximum absolute atomic E-state index is 12.0. The Morgan fingerprint density at radius 2 is 2.24 bits per heavy atom. The first-order chi connectivity index (χ1) is 9.87. The highest BCUT2D eigenvalue weighted by atomic mass is 16.6. The normalized spacial score (nSPS) is 19.0. The Kier molecular flexibility index (Phi) is 4.98. The van der Waals surface area contributed by atoms with E-state index in [2.05, 4.69) is 10.3 Å². The zero-order valence-electron chi connectivity index (χ0n) is 13.4. The van der Waals surface area contributed by atoms with E-state index < -0.39 is 11.6 Å². The number of ether oxygens (including phenoxy) is 2. The Morgan fingerprint density at radius 1 is 1.48 bits per heavy atom. The standard InChI is InChI=1S/C15H25N3O3/c1-11-13(14(19)21-15(2,3)4)16-17-18(11)9-5-7-12-8-6-10-20-12/h12H,5-10H2,1-4H3. The molecule has 1 aromatic rings. The fourth-order valence-electron chi connectivity index (χ4n) is 2.43. The van der Waals surface area contributed by atoms with Crippen LogP contribution < -0.4 is 0 Å². The number of esters is 1. The van der Waals surface area contributed by atoms with Gasteiger partial charge in [0, 0.05) is 13.2 Å². The average Bonchev–Trinajstić information content (AvgIpc) is 2.98. The highest BCUT2D eigenvalue weighted by Crippen LogP contribution is 2.18. The second-order valence-electron chi connectivity index (χ2n) is 6.53. The maximum Gasteiger partial charge on any atom is 0.361 e. The van der Waals surface area contributed by atoms with Gasteiger partial charge in [-0.25, -0.2) is 9.48 Å². The highest BCUT2D eigenvalue weighted by Gasteiger charge is 2.23. The summed E-state index contributed by atoms with van der Waals surface area (Å²) in [6, 6.07) is 0. The van der Waals surface area contributed by atoms with Crippen LogP contribution in [-0.4, -0.2) is 39.3 Å². The molecule has 1 saturated heterocycles. The number of carbonyl (C=O) groups excluding carboxylic acids is 1. The lowest BCUT2D eigenvalue weighted by atomic mass is 10.1. The van der Waals surface area contributed by atoms with Gasteiger partial charge in [0.2, 0.25) is 0 Å². The monoisotopic (exact) mass is 295 g/mol. The van der Waals surface area contributed by atoms with Crippen LogP contribution in [-0.2, 0) is 16.0 Å². The van der Waals surface area contributed by atoms with E-state index in [1.807, 2.05) is 27.7 Å². The molecule has 1 unspecified atom stereocenters. The fraction of sp³-hybridized carbons (Fsp3) is 0.800.